The minimum Gasteiger partial charge on any atom is -0.484 e. The van der Waals surface area contributed by atoms with Crippen molar-refractivity contribution in [1.29, 1.82) is 0 Å². The van der Waals surface area contributed by atoms with Crippen LogP contribution < -0.4 is 4.74 Å². The van der Waals surface area contributed by atoms with E-state index in [0.29, 0.717) is 38.3 Å². The SMILES string of the molecule is CC(CC(=O)N1CCN(C(=O)COc2ccccc2)CC1)c1ccc(F)cc1. The largest absolute Gasteiger partial charge is 0.484 e. The molecule has 2 aromatic carbocycles. The summed E-state index contributed by atoms with van der Waals surface area (Å²) in [5.41, 5.74) is 0.946. The highest BCUT2D eigenvalue weighted by Gasteiger charge is 2.25. The molecule has 5 nitrogen and oxygen atoms in total. The zero-order chi connectivity index (χ0) is 19.9. The van der Waals surface area contributed by atoms with Crippen molar-refractivity contribution >= 4 is 11.8 Å². The van der Waals surface area contributed by atoms with Crippen LogP contribution in [-0.4, -0.2) is 54.4 Å². The Bertz CT molecular complexity index is 787. The highest BCUT2D eigenvalue weighted by molar-refractivity contribution is 5.79. The van der Waals surface area contributed by atoms with Gasteiger partial charge in [0.25, 0.3) is 5.91 Å². The van der Waals surface area contributed by atoms with E-state index in [1.807, 2.05) is 37.3 Å². The van der Waals surface area contributed by atoms with Gasteiger partial charge in [-0.05, 0) is 35.7 Å². The molecule has 2 amide bonds. The number of rotatable bonds is 6. The van der Waals surface area contributed by atoms with E-state index in [1.54, 1.807) is 21.9 Å². The van der Waals surface area contributed by atoms with Gasteiger partial charge in [-0.2, -0.15) is 0 Å². The van der Waals surface area contributed by atoms with E-state index in [2.05, 4.69) is 0 Å². The van der Waals surface area contributed by atoms with E-state index in [4.69, 9.17) is 4.74 Å². The molecule has 6 heteroatoms. The number of ether oxygens (including phenoxy) is 1. The molecule has 1 aliphatic rings. The topological polar surface area (TPSA) is 49.9 Å². The summed E-state index contributed by atoms with van der Waals surface area (Å²) in [5, 5.41) is 0. The lowest BCUT2D eigenvalue weighted by Gasteiger charge is -2.35. The Balaban J connectivity index is 1.43. The number of carbonyl (C=O) groups is 2. The standard InChI is InChI=1S/C22H25FN2O3/c1-17(18-7-9-19(23)10-8-18)15-21(26)24-11-13-25(14-12-24)22(27)16-28-20-5-3-2-4-6-20/h2-10,17H,11-16H2,1H3. The van der Waals surface area contributed by atoms with Crippen LogP contribution in [0.4, 0.5) is 4.39 Å². The normalized spacial score (nSPS) is 15.2. The quantitative estimate of drug-likeness (QED) is 0.769. The summed E-state index contributed by atoms with van der Waals surface area (Å²) in [6.07, 6.45) is 0.372. The predicted octanol–water partition coefficient (Wildman–Crippen LogP) is 3.07. The van der Waals surface area contributed by atoms with Gasteiger partial charge in [-0.15, -0.1) is 0 Å². The van der Waals surface area contributed by atoms with E-state index < -0.39 is 0 Å². The minimum atomic E-state index is -0.278. The molecule has 0 bridgehead atoms. The van der Waals surface area contributed by atoms with Crippen molar-refractivity contribution < 1.29 is 18.7 Å². The number of hydrogen-bond acceptors (Lipinski definition) is 3. The van der Waals surface area contributed by atoms with Gasteiger partial charge >= 0.3 is 0 Å². The zero-order valence-electron chi connectivity index (χ0n) is 16.0. The first-order chi connectivity index (χ1) is 13.5. The Morgan fingerprint density at radius 2 is 1.50 bits per heavy atom. The van der Waals surface area contributed by atoms with Gasteiger partial charge in [0.05, 0.1) is 0 Å². The van der Waals surface area contributed by atoms with Crippen LogP contribution in [0.5, 0.6) is 5.75 Å². The molecule has 0 saturated carbocycles. The summed E-state index contributed by atoms with van der Waals surface area (Å²) in [4.78, 5) is 28.4. The predicted molar refractivity (Wildman–Crippen MR) is 105 cm³/mol. The number of para-hydroxylation sites is 1. The van der Waals surface area contributed by atoms with Crippen molar-refractivity contribution in [3.63, 3.8) is 0 Å². The molecule has 1 saturated heterocycles. The van der Waals surface area contributed by atoms with Crippen molar-refractivity contribution in [3.8, 4) is 5.75 Å². The lowest BCUT2D eigenvalue weighted by atomic mass is 9.97. The number of benzene rings is 2. The number of amides is 2. The van der Waals surface area contributed by atoms with Crippen molar-refractivity contribution in [1.82, 2.24) is 9.80 Å². The van der Waals surface area contributed by atoms with Crippen LogP contribution >= 0.6 is 0 Å². The highest BCUT2D eigenvalue weighted by atomic mass is 19.1. The number of hydrogen-bond donors (Lipinski definition) is 0. The molecule has 0 aliphatic carbocycles. The second kappa shape index (κ2) is 9.35. The Kier molecular flexibility index (Phi) is 6.63. The summed E-state index contributed by atoms with van der Waals surface area (Å²) < 4.78 is 18.5. The van der Waals surface area contributed by atoms with Gasteiger partial charge in [0, 0.05) is 32.6 Å². The molecule has 1 atom stereocenters. The molecule has 3 rings (SSSR count). The molecule has 1 fully saturated rings. The summed E-state index contributed by atoms with van der Waals surface area (Å²) in [5.74, 6) is 0.394. The zero-order valence-corrected chi connectivity index (χ0v) is 16.0. The maximum Gasteiger partial charge on any atom is 0.260 e. The van der Waals surface area contributed by atoms with Gasteiger partial charge in [0.2, 0.25) is 5.91 Å². The number of piperazine rings is 1. The Hall–Kier alpha value is -2.89. The van der Waals surface area contributed by atoms with Crippen LogP contribution in [0.15, 0.2) is 54.6 Å². The molecular formula is C22H25FN2O3. The van der Waals surface area contributed by atoms with Crippen LogP contribution in [-0.2, 0) is 9.59 Å². The molecule has 0 aromatic heterocycles. The van der Waals surface area contributed by atoms with E-state index in [9.17, 15) is 14.0 Å². The molecule has 0 N–H and O–H groups in total. The van der Waals surface area contributed by atoms with Gasteiger partial charge in [-0.25, -0.2) is 4.39 Å². The highest BCUT2D eigenvalue weighted by Crippen LogP contribution is 2.21. The molecule has 148 valence electrons. The van der Waals surface area contributed by atoms with Gasteiger partial charge in [0.15, 0.2) is 6.61 Å². The van der Waals surface area contributed by atoms with E-state index in [-0.39, 0.29) is 30.2 Å². The summed E-state index contributed by atoms with van der Waals surface area (Å²) in [6, 6.07) is 15.5. The molecule has 0 spiro atoms. The van der Waals surface area contributed by atoms with Crippen molar-refractivity contribution in [2.24, 2.45) is 0 Å². The maximum absolute atomic E-state index is 13.0. The fourth-order valence-corrected chi connectivity index (χ4v) is 3.26. The third kappa shape index (κ3) is 5.31. The van der Waals surface area contributed by atoms with Crippen LogP contribution in [0, 0.1) is 5.82 Å². The molecule has 1 heterocycles. The molecule has 0 radical (unpaired) electrons. The summed E-state index contributed by atoms with van der Waals surface area (Å²) in [7, 11) is 0. The first kappa shape index (κ1) is 19.9. The third-order valence-electron chi connectivity index (χ3n) is 5.01. The van der Waals surface area contributed by atoms with Crippen LogP contribution in [0.3, 0.4) is 0 Å². The van der Waals surface area contributed by atoms with Gasteiger partial charge in [-0.3, -0.25) is 9.59 Å². The molecule has 1 aliphatic heterocycles. The average Bonchev–Trinajstić information content (AvgIpc) is 2.73. The minimum absolute atomic E-state index is 0.000436. The van der Waals surface area contributed by atoms with Gasteiger partial charge in [-0.1, -0.05) is 37.3 Å². The van der Waals surface area contributed by atoms with Crippen LogP contribution in [0.25, 0.3) is 0 Å². The second-order valence-corrected chi connectivity index (χ2v) is 7.02. The fourth-order valence-electron chi connectivity index (χ4n) is 3.26. The van der Waals surface area contributed by atoms with Crippen LogP contribution in [0.2, 0.25) is 0 Å². The summed E-state index contributed by atoms with van der Waals surface area (Å²) >= 11 is 0. The maximum atomic E-state index is 13.0. The monoisotopic (exact) mass is 384 g/mol. The van der Waals surface area contributed by atoms with E-state index >= 15 is 0 Å². The number of halogens is 1. The van der Waals surface area contributed by atoms with Crippen molar-refractivity contribution in [2.75, 3.05) is 32.8 Å². The first-order valence-electron chi connectivity index (χ1n) is 9.52. The first-order valence-corrected chi connectivity index (χ1v) is 9.52. The number of nitrogens with zero attached hydrogens (tertiary/aromatic N) is 2. The Morgan fingerprint density at radius 1 is 0.929 bits per heavy atom. The lowest BCUT2D eigenvalue weighted by molar-refractivity contribution is -0.140. The van der Waals surface area contributed by atoms with Gasteiger partial charge < -0.3 is 14.5 Å². The average molecular weight is 384 g/mol. The molecular weight excluding hydrogens is 359 g/mol. The number of carbonyl (C=O) groups excluding carboxylic acids is 2. The summed E-state index contributed by atoms with van der Waals surface area (Å²) in [6.45, 7) is 4.02. The lowest BCUT2D eigenvalue weighted by Crippen LogP contribution is -2.51. The molecule has 28 heavy (non-hydrogen) atoms. The van der Waals surface area contributed by atoms with Crippen molar-refractivity contribution in [2.45, 2.75) is 19.3 Å². The third-order valence-corrected chi connectivity index (χ3v) is 5.01. The smallest absolute Gasteiger partial charge is 0.260 e. The molecule has 1 unspecified atom stereocenters. The van der Waals surface area contributed by atoms with Gasteiger partial charge in [0.1, 0.15) is 11.6 Å². The van der Waals surface area contributed by atoms with E-state index in [0.717, 1.165) is 5.56 Å². The molecule has 2 aromatic rings. The Morgan fingerprint density at radius 3 is 2.11 bits per heavy atom. The van der Waals surface area contributed by atoms with Crippen LogP contribution in [0.1, 0.15) is 24.8 Å². The fraction of sp³-hybridized carbons (Fsp3) is 0.364. The second-order valence-electron chi connectivity index (χ2n) is 7.02. The van der Waals surface area contributed by atoms with Crippen molar-refractivity contribution in [3.05, 3.63) is 66.0 Å². The Labute approximate surface area is 164 Å². The van der Waals surface area contributed by atoms with E-state index in [1.165, 1.54) is 12.1 Å².